The molecule has 0 atom stereocenters. The third kappa shape index (κ3) is 3.36. The predicted octanol–water partition coefficient (Wildman–Crippen LogP) is 3.51. The summed E-state index contributed by atoms with van der Waals surface area (Å²) in [7, 11) is 0. The quantitative estimate of drug-likeness (QED) is 0.398. The number of nitrogens with one attached hydrogen (secondary N) is 1. The number of halogens is 1. The Kier molecular flexibility index (Phi) is 4.82. The number of aromatic nitrogens is 6. The van der Waals surface area contributed by atoms with Crippen molar-refractivity contribution in [3.8, 4) is 11.6 Å². The highest BCUT2D eigenvalue weighted by Crippen LogP contribution is 2.24. The number of aromatic amines is 1. The van der Waals surface area contributed by atoms with Crippen molar-refractivity contribution in [1.82, 2.24) is 29.3 Å². The maximum atomic E-state index is 13.5. The molecule has 0 aliphatic rings. The largest absolute Gasteiger partial charge is 0.295 e. The zero-order valence-corrected chi connectivity index (χ0v) is 16.1. The number of nitrogens with zero attached hydrogens (tertiary/aromatic N) is 5. The Morgan fingerprint density at radius 2 is 2.11 bits per heavy atom. The molecule has 0 radical (unpaired) electrons. The number of Topliss-reactive ketones (excluding diaryl/α,β-unsaturated/α-hetero) is 1. The van der Waals surface area contributed by atoms with Gasteiger partial charge in [-0.1, -0.05) is 17.8 Å². The fourth-order valence-electron chi connectivity index (χ4n) is 3.10. The lowest BCUT2D eigenvalue weighted by molar-refractivity contribution is 0.102. The van der Waals surface area contributed by atoms with Gasteiger partial charge in [-0.3, -0.25) is 13.9 Å². The summed E-state index contributed by atoms with van der Waals surface area (Å²) in [6.45, 7) is 3.79. The summed E-state index contributed by atoms with van der Waals surface area (Å²) in [6.07, 6.45) is 4.81. The Bertz CT molecular complexity index is 1130. The van der Waals surface area contributed by atoms with E-state index < -0.39 is 0 Å². The van der Waals surface area contributed by atoms with Crippen LogP contribution in [0.3, 0.4) is 0 Å². The molecule has 3 aromatic heterocycles. The fourth-order valence-corrected chi connectivity index (χ4v) is 3.96. The van der Waals surface area contributed by atoms with Crippen LogP contribution < -0.4 is 0 Å². The van der Waals surface area contributed by atoms with Crippen molar-refractivity contribution in [3.05, 3.63) is 71.8 Å². The lowest BCUT2D eigenvalue weighted by atomic mass is 10.2. The SMILES string of the molecule is Cc1cc(C(=O)CSc2nccn2-c2cccc(F)c2)c(C)n1-c1ncn[nH]1. The number of carbonyl (C=O) groups is 1. The number of carbonyl (C=O) groups excluding carboxylic acids is 1. The fraction of sp³-hybridized carbons (Fsp3) is 0.158. The second kappa shape index (κ2) is 7.43. The lowest BCUT2D eigenvalue weighted by Crippen LogP contribution is -2.07. The van der Waals surface area contributed by atoms with Gasteiger partial charge in [-0.25, -0.2) is 14.5 Å². The second-order valence-electron chi connectivity index (χ2n) is 6.20. The summed E-state index contributed by atoms with van der Waals surface area (Å²) in [6, 6.07) is 8.10. The standard InChI is InChI=1S/C19H17FN6OS/c1-12-8-16(13(2)26(12)18-22-11-23-24-18)17(27)10-28-19-21-6-7-25(19)15-5-3-4-14(20)9-15/h3-9,11H,10H2,1-2H3,(H,22,23,24). The van der Waals surface area contributed by atoms with Gasteiger partial charge >= 0.3 is 0 Å². The predicted molar refractivity (Wildman–Crippen MR) is 104 cm³/mol. The van der Waals surface area contributed by atoms with Crippen molar-refractivity contribution >= 4 is 17.5 Å². The monoisotopic (exact) mass is 396 g/mol. The Labute approximate surface area is 164 Å². The molecule has 1 aromatic carbocycles. The molecule has 0 unspecified atom stereocenters. The first-order chi connectivity index (χ1) is 13.5. The molecule has 0 fully saturated rings. The van der Waals surface area contributed by atoms with E-state index in [1.165, 1.54) is 30.2 Å². The topological polar surface area (TPSA) is 81.4 Å². The van der Waals surface area contributed by atoms with Crippen molar-refractivity contribution in [2.24, 2.45) is 0 Å². The van der Waals surface area contributed by atoms with Crippen molar-refractivity contribution in [3.63, 3.8) is 0 Å². The normalized spacial score (nSPS) is 11.1. The Balaban J connectivity index is 1.54. The Morgan fingerprint density at radius 3 is 2.86 bits per heavy atom. The van der Waals surface area contributed by atoms with Crippen LogP contribution in [-0.4, -0.2) is 40.8 Å². The lowest BCUT2D eigenvalue weighted by Gasteiger charge is -2.08. The van der Waals surface area contributed by atoms with Gasteiger partial charge in [-0.15, -0.1) is 0 Å². The summed E-state index contributed by atoms with van der Waals surface area (Å²) in [5.41, 5.74) is 2.98. The molecule has 1 N–H and O–H groups in total. The Hall–Kier alpha value is -3.20. The van der Waals surface area contributed by atoms with Gasteiger partial charge in [-0.05, 0) is 38.1 Å². The molecule has 0 bridgehead atoms. The van der Waals surface area contributed by atoms with E-state index in [9.17, 15) is 9.18 Å². The summed E-state index contributed by atoms with van der Waals surface area (Å²) in [5.74, 6) is 0.451. The highest BCUT2D eigenvalue weighted by atomic mass is 32.2. The van der Waals surface area contributed by atoms with Gasteiger partial charge in [0.1, 0.15) is 12.1 Å². The molecule has 3 heterocycles. The molecule has 9 heteroatoms. The molecule has 0 aliphatic heterocycles. The molecule has 4 rings (SSSR count). The number of benzene rings is 1. The maximum Gasteiger partial charge on any atom is 0.229 e. The van der Waals surface area contributed by atoms with E-state index >= 15 is 0 Å². The van der Waals surface area contributed by atoms with Crippen LogP contribution in [0.4, 0.5) is 4.39 Å². The number of thioether (sulfide) groups is 1. The zero-order chi connectivity index (χ0) is 19.7. The summed E-state index contributed by atoms with van der Waals surface area (Å²) in [5, 5.41) is 7.31. The molecular formula is C19H17FN6OS. The molecule has 0 saturated heterocycles. The first kappa shape index (κ1) is 18.2. The average molecular weight is 396 g/mol. The number of hydrogen-bond donors (Lipinski definition) is 1. The number of imidazole rings is 1. The smallest absolute Gasteiger partial charge is 0.229 e. The van der Waals surface area contributed by atoms with Crippen LogP contribution in [0, 0.1) is 19.7 Å². The van der Waals surface area contributed by atoms with Gasteiger partial charge in [0.15, 0.2) is 10.9 Å². The van der Waals surface area contributed by atoms with Gasteiger partial charge < -0.3 is 0 Å². The number of hydrogen-bond acceptors (Lipinski definition) is 5. The molecule has 0 amide bonds. The van der Waals surface area contributed by atoms with E-state index in [2.05, 4.69) is 20.2 Å². The van der Waals surface area contributed by atoms with Crippen LogP contribution in [0.15, 0.2) is 54.2 Å². The van der Waals surface area contributed by atoms with Crippen LogP contribution in [-0.2, 0) is 0 Å². The summed E-state index contributed by atoms with van der Waals surface area (Å²) >= 11 is 1.31. The van der Waals surface area contributed by atoms with Gasteiger partial charge in [0.2, 0.25) is 5.95 Å². The average Bonchev–Trinajstić information content (AvgIpc) is 3.40. The van der Waals surface area contributed by atoms with E-state index in [-0.39, 0.29) is 17.4 Å². The van der Waals surface area contributed by atoms with Crippen LogP contribution in [0.25, 0.3) is 11.6 Å². The van der Waals surface area contributed by atoms with Crippen molar-refractivity contribution in [2.45, 2.75) is 19.0 Å². The number of ketones is 1. The van der Waals surface area contributed by atoms with Crippen molar-refractivity contribution in [2.75, 3.05) is 5.75 Å². The van der Waals surface area contributed by atoms with Crippen LogP contribution in [0.1, 0.15) is 21.7 Å². The van der Waals surface area contributed by atoms with E-state index in [0.717, 1.165) is 11.4 Å². The second-order valence-corrected chi connectivity index (χ2v) is 7.14. The number of aryl methyl sites for hydroxylation is 1. The highest BCUT2D eigenvalue weighted by molar-refractivity contribution is 7.99. The summed E-state index contributed by atoms with van der Waals surface area (Å²) < 4.78 is 17.1. The van der Waals surface area contributed by atoms with E-state index in [1.54, 1.807) is 29.1 Å². The van der Waals surface area contributed by atoms with Gasteiger partial charge in [0.05, 0.1) is 11.4 Å². The highest BCUT2D eigenvalue weighted by Gasteiger charge is 2.19. The van der Waals surface area contributed by atoms with Crippen molar-refractivity contribution < 1.29 is 9.18 Å². The molecule has 4 aromatic rings. The number of rotatable bonds is 6. The first-order valence-corrected chi connectivity index (χ1v) is 9.53. The van der Waals surface area contributed by atoms with E-state index in [1.807, 2.05) is 24.5 Å². The van der Waals surface area contributed by atoms with Crippen LogP contribution in [0.2, 0.25) is 0 Å². The Morgan fingerprint density at radius 1 is 1.25 bits per heavy atom. The van der Waals surface area contributed by atoms with E-state index in [0.29, 0.717) is 22.4 Å². The minimum atomic E-state index is -0.321. The molecule has 142 valence electrons. The van der Waals surface area contributed by atoms with Crippen LogP contribution >= 0.6 is 11.8 Å². The zero-order valence-electron chi connectivity index (χ0n) is 15.3. The van der Waals surface area contributed by atoms with Gasteiger partial charge in [0.25, 0.3) is 0 Å². The maximum absolute atomic E-state index is 13.5. The third-order valence-electron chi connectivity index (χ3n) is 4.37. The van der Waals surface area contributed by atoms with Gasteiger partial charge in [0, 0.05) is 29.3 Å². The first-order valence-electron chi connectivity index (χ1n) is 8.54. The number of H-pyrrole nitrogens is 1. The van der Waals surface area contributed by atoms with E-state index in [4.69, 9.17) is 0 Å². The molecule has 0 spiro atoms. The minimum absolute atomic E-state index is 0.0161. The molecule has 0 saturated carbocycles. The summed E-state index contributed by atoms with van der Waals surface area (Å²) in [4.78, 5) is 21.3. The molecule has 28 heavy (non-hydrogen) atoms. The van der Waals surface area contributed by atoms with Crippen molar-refractivity contribution in [1.29, 1.82) is 0 Å². The molecular weight excluding hydrogens is 379 g/mol. The third-order valence-corrected chi connectivity index (χ3v) is 5.34. The molecule has 7 nitrogen and oxygen atoms in total. The van der Waals surface area contributed by atoms with Gasteiger partial charge in [-0.2, -0.15) is 10.1 Å². The van der Waals surface area contributed by atoms with Crippen LogP contribution in [0.5, 0.6) is 0 Å². The minimum Gasteiger partial charge on any atom is -0.295 e. The molecule has 0 aliphatic carbocycles.